The Morgan fingerprint density at radius 2 is 2.09 bits per heavy atom. The largest absolute Gasteiger partial charge is 0.430 e. The molecule has 6 heteroatoms. The molecule has 2 heterocycles. The average molecular weight is 327 g/mol. The molecule has 3 aromatic rings. The second-order valence-corrected chi connectivity index (χ2v) is 6.33. The van der Waals surface area contributed by atoms with Gasteiger partial charge < -0.3 is 9.73 Å². The summed E-state index contributed by atoms with van der Waals surface area (Å²) in [5.74, 6) is -0.0587. The van der Waals surface area contributed by atoms with Gasteiger partial charge in [0, 0.05) is 11.9 Å². The Kier molecular flexibility index (Phi) is 4.62. The number of carbonyl (C=O) groups excluding carboxylic acids is 1. The summed E-state index contributed by atoms with van der Waals surface area (Å²) in [6, 6.07) is 11.3. The van der Waals surface area contributed by atoms with E-state index in [9.17, 15) is 4.79 Å². The first-order valence-electron chi connectivity index (χ1n) is 7.41. The standard InChI is InChI=1S/C17H17N3O2S/c1-3-14(16(21)19-12-8-6-11(2)7-9-12)23-17-20-15-13(22-17)5-4-10-18-15/h4-10,14H,3H2,1-2H3,(H,19,21)/t14-/m1/s1. The molecule has 1 N–H and O–H groups in total. The van der Waals surface area contributed by atoms with Crippen molar-refractivity contribution >= 4 is 34.6 Å². The molecule has 0 radical (unpaired) electrons. The number of nitrogens with zero attached hydrogens (tertiary/aromatic N) is 2. The van der Waals surface area contributed by atoms with Crippen LogP contribution in [0.4, 0.5) is 5.69 Å². The van der Waals surface area contributed by atoms with Crippen molar-refractivity contribution in [2.45, 2.75) is 30.7 Å². The van der Waals surface area contributed by atoms with Crippen LogP contribution in [0.25, 0.3) is 11.2 Å². The zero-order valence-corrected chi connectivity index (χ0v) is 13.8. The fraction of sp³-hybridized carbons (Fsp3) is 0.235. The van der Waals surface area contributed by atoms with Gasteiger partial charge in [-0.3, -0.25) is 4.79 Å². The van der Waals surface area contributed by atoms with Crippen molar-refractivity contribution in [3.63, 3.8) is 0 Å². The highest BCUT2D eigenvalue weighted by Crippen LogP contribution is 2.28. The number of hydrogen-bond acceptors (Lipinski definition) is 5. The SMILES string of the molecule is CC[C@@H](Sc1nc2ncccc2o1)C(=O)Nc1ccc(C)cc1. The highest BCUT2D eigenvalue weighted by molar-refractivity contribution is 8.00. The molecule has 1 amide bonds. The summed E-state index contributed by atoms with van der Waals surface area (Å²) in [5.41, 5.74) is 3.13. The van der Waals surface area contributed by atoms with E-state index in [1.807, 2.05) is 44.2 Å². The molecule has 0 spiro atoms. The first-order chi connectivity index (χ1) is 11.2. The lowest BCUT2D eigenvalue weighted by Gasteiger charge is -2.12. The van der Waals surface area contributed by atoms with E-state index in [0.29, 0.717) is 22.9 Å². The summed E-state index contributed by atoms with van der Waals surface area (Å²) < 4.78 is 5.63. The third-order valence-corrected chi connectivity index (χ3v) is 4.58. The van der Waals surface area contributed by atoms with Crippen LogP contribution in [0.1, 0.15) is 18.9 Å². The molecule has 5 nitrogen and oxygen atoms in total. The van der Waals surface area contributed by atoms with Gasteiger partial charge >= 0.3 is 0 Å². The molecule has 0 aliphatic carbocycles. The lowest BCUT2D eigenvalue weighted by atomic mass is 10.2. The summed E-state index contributed by atoms with van der Waals surface area (Å²) in [6.07, 6.45) is 2.34. The van der Waals surface area contributed by atoms with Crippen LogP contribution in [0.15, 0.2) is 52.2 Å². The third-order valence-electron chi connectivity index (χ3n) is 3.37. The molecular formula is C17H17N3O2S. The second-order valence-electron chi connectivity index (χ2n) is 5.17. The first kappa shape index (κ1) is 15.6. The van der Waals surface area contributed by atoms with Crippen LogP contribution in [0.5, 0.6) is 0 Å². The molecule has 1 atom stereocenters. The number of nitrogens with one attached hydrogen (secondary N) is 1. The van der Waals surface area contributed by atoms with Crippen molar-refractivity contribution < 1.29 is 9.21 Å². The van der Waals surface area contributed by atoms with Crippen molar-refractivity contribution in [2.24, 2.45) is 0 Å². The topological polar surface area (TPSA) is 68.0 Å². The maximum atomic E-state index is 12.4. The van der Waals surface area contributed by atoms with Gasteiger partial charge in [0.05, 0.1) is 5.25 Å². The molecule has 0 fully saturated rings. The molecule has 2 aromatic heterocycles. The number of pyridine rings is 1. The van der Waals surface area contributed by atoms with Crippen molar-refractivity contribution in [2.75, 3.05) is 5.32 Å². The number of fused-ring (bicyclic) bond motifs is 1. The number of anilines is 1. The highest BCUT2D eigenvalue weighted by atomic mass is 32.2. The van der Waals surface area contributed by atoms with E-state index in [1.54, 1.807) is 12.3 Å². The van der Waals surface area contributed by atoms with Gasteiger partial charge in [-0.05, 0) is 37.6 Å². The predicted octanol–water partition coefficient (Wildman–Crippen LogP) is 4.04. The fourth-order valence-corrected chi connectivity index (χ4v) is 2.96. The minimum Gasteiger partial charge on any atom is -0.430 e. The molecule has 3 rings (SSSR count). The van der Waals surface area contributed by atoms with Gasteiger partial charge in [-0.1, -0.05) is 36.4 Å². The maximum absolute atomic E-state index is 12.4. The van der Waals surface area contributed by atoms with Crippen LogP contribution in [0.2, 0.25) is 0 Å². The van der Waals surface area contributed by atoms with E-state index >= 15 is 0 Å². The van der Waals surface area contributed by atoms with Crippen LogP contribution in [-0.4, -0.2) is 21.1 Å². The monoisotopic (exact) mass is 327 g/mol. The Balaban J connectivity index is 1.71. The predicted molar refractivity (Wildman–Crippen MR) is 91.5 cm³/mol. The van der Waals surface area contributed by atoms with Crippen LogP contribution in [0.3, 0.4) is 0 Å². The molecule has 118 valence electrons. The number of carbonyl (C=O) groups is 1. The molecule has 0 aliphatic rings. The van der Waals surface area contributed by atoms with E-state index in [-0.39, 0.29) is 11.2 Å². The Hall–Kier alpha value is -2.34. The highest BCUT2D eigenvalue weighted by Gasteiger charge is 2.21. The first-order valence-corrected chi connectivity index (χ1v) is 8.29. The molecular weight excluding hydrogens is 310 g/mol. The van der Waals surface area contributed by atoms with E-state index in [1.165, 1.54) is 11.8 Å². The van der Waals surface area contributed by atoms with Crippen molar-refractivity contribution in [3.8, 4) is 0 Å². The molecule has 1 aromatic carbocycles. The van der Waals surface area contributed by atoms with E-state index in [2.05, 4.69) is 15.3 Å². The number of benzene rings is 1. The van der Waals surface area contributed by atoms with Crippen LogP contribution >= 0.6 is 11.8 Å². The number of rotatable bonds is 5. The molecule has 0 saturated heterocycles. The minimum atomic E-state index is -0.274. The van der Waals surface area contributed by atoms with Gasteiger partial charge in [0.2, 0.25) is 5.91 Å². The zero-order chi connectivity index (χ0) is 16.2. The van der Waals surface area contributed by atoms with Crippen molar-refractivity contribution in [3.05, 3.63) is 48.2 Å². The van der Waals surface area contributed by atoms with Crippen LogP contribution < -0.4 is 5.32 Å². The number of hydrogen-bond donors (Lipinski definition) is 1. The summed E-state index contributed by atoms with van der Waals surface area (Å²) in [4.78, 5) is 20.9. The van der Waals surface area contributed by atoms with Crippen LogP contribution in [0, 0.1) is 6.92 Å². The van der Waals surface area contributed by atoms with E-state index < -0.39 is 0 Å². The summed E-state index contributed by atoms with van der Waals surface area (Å²) in [7, 11) is 0. The number of aryl methyl sites for hydroxylation is 1. The molecule has 0 unspecified atom stereocenters. The van der Waals surface area contributed by atoms with Crippen molar-refractivity contribution in [1.82, 2.24) is 9.97 Å². The summed E-state index contributed by atoms with van der Waals surface area (Å²) in [6.45, 7) is 3.98. The Morgan fingerprint density at radius 3 is 2.78 bits per heavy atom. The van der Waals surface area contributed by atoms with Gasteiger partial charge in [-0.15, -0.1) is 0 Å². The lowest BCUT2D eigenvalue weighted by Crippen LogP contribution is -2.24. The number of aromatic nitrogens is 2. The fourth-order valence-electron chi connectivity index (χ4n) is 2.10. The van der Waals surface area contributed by atoms with E-state index in [0.717, 1.165) is 11.3 Å². The van der Waals surface area contributed by atoms with E-state index in [4.69, 9.17) is 4.42 Å². The zero-order valence-electron chi connectivity index (χ0n) is 12.9. The number of amides is 1. The molecule has 23 heavy (non-hydrogen) atoms. The van der Waals surface area contributed by atoms with Gasteiger partial charge in [-0.2, -0.15) is 4.98 Å². The van der Waals surface area contributed by atoms with Gasteiger partial charge in [0.25, 0.3) is 5.22 Å². The van der Waals surface area contributed by atoms with Crippen LogP contribution in [-0.2, 0) is 4.79 Å². The Labute approximate surface area is 138 Å². The molecule has 0 aliphatic heterocycles. The minimum absolute atomic E-state index is 0.0587. The molecule has 0 saturated carbocycles. The smallest absolute Gasteiger partial charge is 0.259 e. The quantitative estimate of drug-likeness (QED) is 0.716. The normalized spacial score (nSPS) is 12.3. The Bertz CT molecular complexity index is 781. The second kappa shape index (κ2) is 6.83. The van der Waals surface area contributed by atoms with Gasteiger partial charge in [0.15, 0.2) is 11.2 Å². The summed E-state index contributed by atoms with van der Waals surface area (Å²) >= 11 is 1.32. The van der Waals surface area contributed by atoms with Gasteiger partial charge in [-0.25, -0.2) is 4.98 Å². The molecule has 0 bridgehead atoms. The lowest BCUT2D eigenvalue weighted by molar-refractivity contribution is -0.115. The Morgan fingerprint density at radius 1 is 1.30 bits per heavy atom. The average Bonchev–Trinajstić information content (AvgIpc) is 2.97. The maximum Gasteiger partial charge on any atom is 0.259 e. The number of oxazole rings is 1. The van der Waals surface area contributed by atoms with Crippen molar-refractivity contribution in [1.29, 1.82) is 0 Å². The summed E-state index contributed by atoms with van der Waals surface area (Å²) in [5, 5.41) is 3.12. The third kappa shape index (κ3) is 3.71. The van der Waals surface area contributed by atoms with Gasteiger partial charge in [0.1, 0.15) is 0 Å². The number of thioether (sulfide) groups is 1.